The third-order valence-corrected chi connectivity index (χ3v) is 11.5. The largest absolute Gasteiger partial charge is 0.456 e. The molecule has 0 saturated heterocycles. The molecule has 12 aromatic rings. The van der Waals surface area contributed by atoms with Crippen LogP contribution in [-0.2, 0) is 0 Å². The van der Waals surface area contributed by atoms with Crippen molar-refractivity contribution in [1.29, 1.82) is 0 Å². The van der Waals surface area contributed by atoms with E-state index in [1.54, 1.807) is 0 Å². The number of nitrogens with zero attached hydrogens (tertiary/aromatic N) is 1. The average molecular weight is 744 g/mol. The summed E-state index contributed by atoms with van der Waals surface area (Å²) in [5, 5.41) is 6.68. The van der Waals surface area contributed by atoms with Gasteiger partial charge in [0, 0.05) is 49.4 Å². The summed E-state index contributed by atoms with van der Waals surface area (Å²) in [6, 6.07) is 70.4. The van der Waals surface area contributed by atoms with Gasteiger partial charge in [0.15, 0.2) is 0 Å². The van der Waals surface area contributed by atoms with Gasteiger partial charge < -0.3 is 18.2 Å². The SMILES string of the molecule is c1cc(-c2cccc3oc4ccccc4c23)cc(N(c2cccc(-c3cccc4oc5ccccc5c34)c2)c2cccc(-c3cccc4oc5ccccc5c34)c2)c1. The van der Waals surface area contributed by atoms with Crippen molar-refractivity contribution in [3.05, 3.63) is 200 Å². The van der Waals surface area contributed by atoms with Gasteiger partial charge in [0.05, 0.1) is 0 Å². The van der Waals surface area contributed by atoms with Crippen LogP contribution in [0.5, 0.6) is 0 Å². The smallest absolute Gasteiger partial charge is 0.136 e. The highest BCUT2D eigenvalue weighted by molar-refractivity contribution is 6.15. The fourth-order valence-corrected chi connectivity index (χ4v) is 8.93. The molecule has 12 rings (SSSR count). The molecule has 0 fully saturated rings. The Morgan fingerprint density at radius 2 is 0.552 bits per heavy atom. The molecular formula is C54H33NO3. The van der Waals surface area contributed by atoms with E-state index >= 15 is 0 Å². The summed E-state index contributed by atoms with van der Waals surface area (Å²) >= 11 is 0. The molecule has 0 unspecified atom stereocenters. The maximum atomic E-state index is 6.32. The number of anilines is 3. The number of para-hydroxylation sites is 3. The van der Waals surface area contributed by atoms with Gasteiger partial charge in [-0.15, -0.1) is 0 Å². The molecule has 4 nitrogen and oxygen atoms in total. The van der Waals surface area contributed by atoms with Crippen molar-refractivity contribution in [2.45, 2.75) is 0 Å². The van der Waals surface area contributed by atoms with Crippen LogP contribution >= 0.6 is 0 Å². The first-order valence-electron chi connectivity index (χ1n) is 19.6. The van der Waals surface area contributed by atoms with Gasteiger partial charge in [0.25, 0.3) is 0 Å². The minimum atomic E-state index is 0.878. The van der Waals surface area contributed by atoms with Gasteiger partial charge in [-0.3, -0.25) is 0 Å². The van der Waals surface area contributed by atoms with Crippen molar-refractivity contribution in [2.24, 2.45) is 0 Å². The molecule has 0 aliphatic carbocycles. The summed E-state index contributed by atoms with van der Waals surface area (Å²) in [4.78, 5) is 2.37. The van der Waals surface area contributed by atoms with Gasteiger partial charge in [-0.2, -0.15) is 0 Å². The molecule has 0 aliphatic heterocycles. The second-order valence-electron chi connectivity index (χ2n) is 14.8. The molecule has 9 aromatic carbocycles. The normalized spacial score (nSPS) is 11.8. The molecule has 4 heteroatoms. The number of furan rings is 3. The Hall–Kier alpha value is -7.82. The molecular weight excluding hydrogens is 711 g/mol. The van der Waals surface area contributed by atoms with Crippen LogP contribution in [0.2, 0.25) is 0 Å². The molecule has 3 heterocycles. The fourth-order valence-electron chi connectivity index (χ4n) is 8.93. The van der Waals surface area contributed by atoms with Crippen LogP contribution in [0.4, 0.5) is 17.1 Å². The summed E-state index contributed by atoms with van der Waals surface area (Å²) < 4.78 is 19.0. The number of fused-ring (bicyclic) bond motifs is 9. The number of rotatable bonds is 6. The summed E-state index contributed by atoms with van der Waals surface area (Å²) in [7, 11) is 0. The van der Waals surface area contributed by atoms with Crippen molar-refractivity contribution in [3.63, 3.8) is 0 Å². The first kappa shape index (κ1) is 32.4. The summed E-state index contributed by atoms with van der Waals surface area (Å²) in [6.45, 7) is 0. The van der Waals surface area contributed by atoms with Crippen molar-refractivity contribution in [3.8, 4) is 33.4 Å². The molecule has 0 bridgehead atoms. The lowest BCUT2D eigenvalue weighted by molar-refractivity contribution is 0.668. The van der Waals surface area contributed by atoms with E-state index in [0.29, 0.717) is 0 Å². The van der Waals surface area contributed by atoms with Crippen LogP contribution in [0.25, 0.3) is 99.2 Å². The molecule has 3 aromatic heterocycles. The average Bonchev–Trinajstić information content (AvgIpc) is 3.98. The summed E-state index contributed by atoms with van der Waals surface area (Å²) in [5.41, 5.74) is 15.1. The Kier molecular flexibility index (Phi) is 7.20. The van der Waals surface area contributed by atoms with E-state index in [-0.39, 0.29) is 0 Å². The maximum absolute atomic E-state index is 6.32. The van der Waals surface area contributed by atoms with Crippen LogP contribution in [0, 0.1) is 0 Å². The Labute approximate surface area is 333 Å². The van der Waals surface area contributed by atoms with Gasteiger partial charge in [-0.1, -0.05) is 127 Å². The first-order valence-corrected chi connectivity index (χ1v) is 19.6. The Morgan fingerprint density at radius 3 is 0.897 bits per heavy atom. The molecule has 0 spiro atoms. The minimum Gasteiger partial charge on any atom is -0.456 e. The zero-order chi connectivity index (χ0) is 38.2. The van der Waals surface area contributed by atoms with E-state index in [0.717, 1.165) is 116 Å². The molecule has 0 N–H and O–H groups in total. The van der Waals surface area contributed by atoms with Gasteiger partial charge in [0.1, 0.15) is 33.5 Å². The summed E-state index contributed by atoms with van der Waals surface area (Å²) in [6.07, 6.45) is 0. The lowest BCUT2D eigenvalue weighted by Gasteiger charge is -2.27. The molecule has 0 atom stereocenters. The predicted molar refractivity (Wildman–Crippen MR) is 239 cm³/mol. The second-order valence-corrected chi connectivity index (χ2v) is 14.8. The number of benzene rings is 9. The Balaban J connectivity index is 1.07. The molecule has 58 heavy (non-hydrogen) atoms. The Bertz CT molecular complexity index is 3170. The molecule has 272 valence electrons. The molecule has 0 amide bonds. The first-order chi connectivity index (χ1) is 28.7. The van der Waals surface area contributed by atoms with Crippen LogP contribution in [0.1, 0.15) is 0 Å². The van der Waals surface area contributed by atoms with Crippen LogP contribution in [-0.4, -0.2) is 0 Å². The van der Waals surface area contributed by atoms with Crippen molar-refractivity contribution in [2.75, 3.05) is 4.90 Å². The van der Waals surface area contributed by atoms with Gasteiger partial charge >= 0.3 is 0 Å². The van der Waals surface area contributed by atoms with Crippen LogP contribution in [0.3, 0.4) is 0 Å². The van der Waals surface area contributed by atoms with Crippen molar-refractivity contribution >= 4 is 82.9 Å². The van der Waals surface area contributed by atoms with Crippen molar-refractivity contribution < 1.29 is 13.3 Å². The van der Waals surface area contributed by atoms with E-state index in [1.165, 1.54) is 0 Å². The highest BCUT2D eigenvalue weighted by Crippen LogP contribution is 2.44. The zero-order valence-corrected chi connectivity index (χ0v) is 31.2. The third kappa shape index (κ3) is 5.09. The highest BCUT2D eigenvalue weighted by Gasteiger charge is 2.20. The zero-order valence-electron chi connectivity index (χ0n) is 31.2. The van der Waals surface area contributed by atoms with E-state index < -0.39 is 0 Å². The third-order valence-electron chi connectivity index (χ3n) is 11.5. The topological polar surface area (TPSA) is 42.7 Å². The molecule has 0 radical (unpaired) electrons. The number of hydrogen-bond donors (Lipinski definition) is 0. The quantitative estimate of drug-likeness (QED) is 0.170. The highest BCUT2D eigenvalue weighted by atomic mass is 16.3. The lowest BCUT2D eigenvalue weighted by Crippen LogP contribution is -2.10. The van der Waals surface area contributed by atoms with Crippen LogP contribution in [0.15, 0.2) is 213 Å². The van der Waals surface area contributed by atoms with Crippen LogP contribution < -0.4 is 4.90 Å². The Morgan fingerprint density at radius 1 is 0.259 bits per heavy atom. The van der Waals surface area contributed by atoms with Crippen molar-refractivity contribution in [1.82, 2.24) is 0 Å². The van der Waals surface area contributed by atoms with E-state index in [2.05, 4.69) is 169 Å². The van der Waals surface area contributed by atoms with Gasteiger partial charge in [0.2, 0.25) is 0 Å². The monoisotopic (exact) mass is 743 g/mol. The summed E-state index contributed by atoms with van der Waals surface area (Å²) in [5.74, 6) is 0. The standard InChI is InChI=1S/C54H33NO3/c1-4-25-46-43(19-1)52-40(22-10-28-49(52)56-46)34-13-7-16-37(31-34)55(38-17-8-14-35(32-38)41-23-11-29-50-53(41)44-20-2-5-26-47(44)57-50)39-18-9-15-36(33-39)42-24-12-30-51-54(42)45-21-3-6-27-48(45)58-51/h1-33H. The van der Waals surface area contributed by atoms with E-state index in [9.17, 15) is 0 Å². The fraction of sp³-hybridized carbons (Fsp3) is 0. The predicted octanol–water partition coefficient (Wildman–Crippen LogP) is 15.9. The van der Waals surface area contributed by atoms with Gasteiger partial charge in [-0.05, 0) is 106 Å². The number of hydrogen-bond acceptors (Lipinski definition) is 4. The molecule has 0 aliphatic rings. The second kappa shape index (κ2) is 12.9. The lowest BCUT2D eigenvalue weighted by atomic mass is 9.97. The van der Waals surface area contributed by atoms with E-state index in [4.69, 9.17) is 13.3 Å². The van der Waals surface area contributed by atoms with E-state index in [1.807, 2.05) is 36.4 Å². The van der Waals surface area contributed by atoms with Gasteiger partial charge in [-0.25, -0.2) is 0 Å². The molecule has 0 saturated carbocycles. The maximum Gasteiger partial charge on any atom is 0.136 e. The minimum absolute atomic E-state index is 0.878.